The Morgan fingerprint density at radius 3 is 2.47 bits per heavy atom. The Morgan fingerprint density at radius 1 is 1.06 bits per heavy atom. The molecule has 1 aliphatic rings. The number of benzene rings is 2. The van der Waals surface area contributed by atoms with E-state index in [1.165, 1.54) is 23.5 Å². The Balaban J connectivity index is 1.39. The molecule has 2 aromatic carbocycles. The van der Waals surface area contributed by atoms with E-state index in [0.29, 0.717) is 42.3 Å². The molecule has 1 fully saturated rings. The molecule has 34 heavy (non-hydrogen) atoms. The summed E-state index contributed by atoms with van der Waals surface area (Å²) in [6.07, 6.45) is 1.07. The van der Waals surface area contributed by atoms with E-state index in [2.05, 4.69) is 15.0 Å². The smallest absolute Gasteiger partial charge is 0.261 e. The summed E-state index contributed by atoms with van der Waals surface area (Å²) >= 11 is 1.39. The predicted octanol–water partition coefficient (Wildman–Crippen LogP) is 4.05. The van der Waals surface area contributed by atoms with Crippen LogP contribution in [0.25, 0.3) is 0 Å². The highest BCUT2D eigenvalue weighted by molar-refractivity contribution is 7.92. The van der Waals surface area contributed by atoms with Crippen molar-refractivity contribution in [1.29, 1.82) is 0 Å². The lowest BCUT2D eigenvalue weighted by Crippen LogP contribution is -2.41. The number of anilines is 2. The maximum absolute atomic E-state index is 13.1. The Labute approximate surface area is 203 Å². The highest BCUT2D eigenvalue weighted by atomic mass is 32.2. The number of nitrogens with zero attached hydrogens (tertiary/aromatic N) is 2. The first-order valence-corrected chi connectivity index (χ1v) is 13.3. The second-order valence-corrected chi connectivity index (χ2v) is 10.9. The fourth-order valence-corrected chi connectivity index (χ4v) is 5.65. The number of aromatic nitrogens is 1. The summed E-state index contributed by atoms with van der Waals surface area (Å²) in [5.74, 6) is -0.530. The molecule has 10 heteroatoms. The summed E-state index contributed by atoms with van der Waals surface area (Å²) in [6, 6.07) is 13.1. The van der Waals surface area contributed by atoms with Gasteiger partial charge in [-0.15, -0.1) is 11.3 Å². The van der Waals surface area contributed by atoms with E-state index in [9.17, 15) is 18.0 Å². The molecule has 2 amide bonds. The molecule has 2 N–H and O–H groups in total. The third kappa shape index (κ3) is 5.63. The molecule has 4 rings (SSSR count). The van der Waals surface area contributed by atoms with Crippen LogP contribution in [0, 0.1) is 19.8 Å². The predicted molar refractivity (Wildman–Crippen MR) is 133 cm³/mol. The van der Waals surface area contributed by atoms with Crippen molar-refractivity contribution in [1.82, 2.24) is 9.88 Å². The number of likely N-dealkylation sites (tertiary alicyclic amines) is 1. The van der Waals surface area contributed by atoms with E-state index in [0.717, 1.165) is 11.3 Å². The minimum absolute atomic E-state index is 0.0212. The maximum Gasteiger partial charge on any atom is 0.261 e. The van der Waals surface area contributed by atoms with Crippen LogP contribution >= 0.6 is 11.3 Å². The van der Waals surface area contributed by atoms with Gasteiger partial charge in [0.2, 0.25) is 5.91 Å². The molecule has 3 aromatic rings. The van der Waals surface area contributed by atoms with Crippen molar-refractivity contribution in [3.05, 3.63) is 70.7 Å². The number of aryl methyl sites for hydroxylation is 2. The third-order valence-corrected chi connectivity index (χ3v) is 7.92. The van der Waals surface area contributed by atoms with Crippen molar-refractivity contribution >= 4 is 44.0 Å². The number of carbonyl (C=O) groups is 2. The summed E-state index contributed by atoms with van der Waals surface area (Å²) in [7, 11) is -3.84. The first-order chi connectivity index (χ1) is 16.2. The molecule has 8 nitrogen and oxygen atoms in total. The van der Waals surface area contributed by atoms with E-state index < -0.39 is 10.0 Å². The van der Waals surface area contributed by atoms with Gasteiger partial charge in [-0.1, -0.05) is 18.2 Å². The van der Waals surface area contributed by atoms with Gasteiger partial charge in [0.05, 0.1) is 10.6 Å². The second-order valence-electron chi connectivity index (χ2n) is 8.35. The summed E-state index contributed by atoms with van der Waals surface area (Å²) in [5.41, 5.74) is 2.56. The van der Waals surface area contributed by atoms with Crippen molar-refractivity contribution in [2.45, 2.75) is 31.6 Å². The molecule has 0 saturated carbocycles. The highest BCUT2D eigenvalue weighted by Crippen LogP contribution is 2.24. The summed E-state index contributed by atoms with van der Waals surface area (Å²) in [4.78, 5) is 31.5. The monoisotopic (exact) mass is 498 g/mol. The molecule has 0 radical (unpaired) electrons. The van der Waals surface area contributed by atoms with Gasteiger partial charge in [0.1, 0.15) is 0 Å². The number of sulfonamides is 1. The van der Waals surface area contributed by atoms with Crippen LogP contribution in [0.3, 0.4) is 0 Å². The topological polar surface area (TPSA) is 108 Å². The van der Waals surface area contributed by atoms with E-state index in [-0.39, 0.29) is 22.6 Å². The molecule has 178 valence electrons. The molecular formula is C24H26N4O4S2. The van der Waals surface area contributed by atoms with Crippen LogP contribution in [0.15, 0.2) is 58.8 Å². The second kappa shape index (κ2) is 9.94. The number of nitrogens with one attached hydrogen (secondary N) is 2. The van der Waals surface area contributed by atoms with Gasteiger partial charge in [-0.25, -0.2) is 13.4 Å². The van der Waals surface area contributed by atoms with Gasteiger partial charge in [-0.2, -0.15) is 0 Å². The van der Waals surface area contributed by atoms with Crippen LogP contribution in [-0.4, -0.2) is 43.2 Å². The third-order valence-electron chi connectivity index (χ3n) is 5.66. The van der Waals surface area contributed by atoms with E-state index >= 15 is 0 Å². The largest absolute Gasteiger partial charge is 0.339 e. The van der Waals surface area contributed by atoms with Crippen LogP contribution in [0.5, 0.6) is 0 Å². The number of piperidine rings is 1. The molecule has 0 aliphatic carbocycles. The number of rotatable bonds is 6. The first-order valence-electron chi connectivity index (χ1n) is 10.9. The van der Waals surface area contributed by atoms with Crippen LogP contribution in [0.4, 0.5) is 10.8 Å². The fraction of sp³-hybridized carbons (Fsp3) is 0.292. The highest BCUT2D eigenvalue weighted by Gasteiger charge is 2.29. The van der Waals surface area contributed by atoms with Crippen molar-refractivity contribution in [3.8, 4) is 0 Å². The van der Waals surface area contributed by atoms with Crippen LogP contribution < -0.4 is 10.0 Å². The minimum Gasteiger partial charge on any atom is -0.339 e. The average molecular weight is 499 g/mol. The molecule has 0 unspecified atom stereocenters. The fourth-order valence-electron chi connectivity index (χ4n) is 3.87. The zero-order valence-electron chi connectivity index (χ0n) is 18.9. The van der Waals surface area contributed by atoms with Crippen molar-refractivity contribution in [2.75, 3.05) is 23.1 Å². The first kappa shape index (κ1) is 23.9. The number of hydrogen-bond acceptors (Lipinski definition) is 6. The maximum atomic E-state index is 13.1. The zero-order chi connectivity index (χ0) is 24.3. The standard InChI is InChI=1S/C24H26N4O4S2/c1-16-5-3-7-20(13-16)27-34(31,32)21-8-4-6-19(14-21)23(30)28-11-9-18(10-12-28)22(29)26-24-25-17(2)15-33-24/h3-8,13-15,18,27H,9-12H2,1-2H3,(H,25,26,29). The molecule has 0 atom stereocenters. The van der Waals surface area contributed by atoms with E-state index in [1.807, 2.05) is 25.3 Å². The molecule has 2 heterocycles. The SMILES string of the molecule is Cc1cccc(NS(=O)(=O)c2cccc(C(=O)N3CCC(C(=O)Nc4nc(C)cs4)CC3)c2)c1. The molecule has 1 aliphatic heterocycles. The normalized spacial score (nSPS) is 14.6. The van der Waals surface area contributed by atoms with Crippen LogP contribution in [-0.2, 0) is 14.8 Å². The Kier molecular flexibility index (Phi) is 6.99. The minimum atomic E-state index is -3.84. The van der Waals surface area contributed by atoms with Gasteiger partial charge in [0.15, 0.2) is 5.13 Å². The lowest BCUT2D eigenvalue weighted by atomic mass is 9.95. The zero-order valence-corrected chi connectivity index (χ0v) is 20.6. The number of hydrogen-bond donors (Lipinski definition) is 2. The summed E-state index contributed by atoms with van der Waals surface area (Å²) in [5, 5.41) is 5.31. The molecular weight excluding hydrogens is 472 g/mol. The molecule has 1 saturated heterocycles. The van der Waals surface area contributed by atoms with E-state index in [4.69, 9.17) is 0 Å². The Bertz CT molecular complexity index is 1310. The Morgan fingerprint density at radius 2 is 1.79 bits per heavy atom. The summed E-state index contributed by atoms with van der Waals surface area (Å²) in [6.45, 7) is 4.59. The average Bonchev–Trinajstić information content (AvgIpc) is 3.23. The molecule has 1 aromatic heterocycles. The lowest BCUT2D eigenvalue weighted by Gasteiger charge is -2.31. The van der Waals surface area contributed by atoms with Crippen LogP contribution in [0.2, 0.25) is 0 Å². The van der Waals surface area contributed by atoms with Gasteiger partial charge >= 0.3 is 0 Å². The number of carbonyl (C=O) groups excluding carboxylic acids is 2. The van der Waals surface area contributed by atoms with Crippen LogP contribution in [0.1, 0.15) is 34.5 Å². The van der Waals surface area contributed by atoms with Gasteiger partial charge in [0, 0.05) is 35.6 Å². The molecule has 0 bridgehead atoms. The lowest BCUT2D eigenvalue weighted by molar-refractivity contribution is -0.121. The quantitative estimate of drug-likeness (QED) is 0.533. The van der Waals surface area contributed by atoms with E-state index in [1.54, 1.807) is 35.2 Å². The van der Waals surface area contributed by atoms with Gasteiger partial charge in [-0.05, 0) is 62.6 Å². The van der Waals surface area contributed by atoms with Crippen molar-refractivity contribution in [2.24, 2.45) is 5.92 Å². The molecule has 0 spiro atoms. The van der Waals surface area contributed by atoms with Gasteiger partial charge in [0.25, 0.3) is 15.9 Å². The number of amides is 2. The van der Waals surface area contributed by atoms with Crippen molar-refractivity contribution in [3.63, 3.8) is 0 Å². The van der Waals surface area contributed by atoms with Gasteiger partial charge in [-0.3, -0.25) is 14.3 Å². The summed E-state index contributed by atoms with van der Waals surface area (Å²) < 4.78 is 28.3. The number of thiazole rings is 1. The van der Waals surface area contributed by atoms with Gasteiger partial charge < -0.3 is 10.2 Å². The van der Waals surface area contributed by atoms with Crippen molar-refractivity contribution < 1.29 is 18.0 Å². The Hall–Kier alpha value is -3.24.